The molecule has 0 saturated heterocycles. The molecule has 0 radical (unpaired) electrons. The Morgan fingerprint density at radius 1 is 1.50 bits per heavy atom. The summed E-state index contributed by atoms with van der Waals surface area (Å²) in [5.74, 6) is -0.0903. The summed E-state index contributed by atoms with van der Waals surface area (Å²) < 4.78 is 8.25. The molecule has 3 nitrogen and oxygen atoms in total. The van der Waals surface area contributed by atoms with Crippen molar-refractivity contribution >= 4 is 14.6 Å². The van der Waals surface area contributed by atoms with Gasteiger partial charge < -0.3 is 5.11 Å². The zero-order valence-electron chi connectivity index (χ0n) is 6.87. The number of aliphatic hydroxyl groups excluding tert-OH is 1. The van der Waals surface area contributed by atoms with Crippen molar-refractivity contribution in [2.24, 2.45) is 0 Å². The van der Waals surface area contributed by atoms with Gasteiger partial charge in [-0.05, 0) is 6.92 Å². The van der Waals surface area contributed by atoms with Crippen molar-refractivity contribution in [2.75, 3.05) is 20.0 Å². The summed E-state index contributed by atoms with van der Waals surface area (Å²) in [6, 6.07) is 0. The fourth-order valence-corrected chi connectivity index (χ4v) is 0. The molecule has 0 bridgehead atoms. The summed E-state index contributed by atoms with van der Waals surface area (Å²) in [6.45, 7) is 8.22. The van der Waals surface area contributed by atoms with Crippen LogP contribution in [0.15, 0.2) is 0 Å². The molecule has 1 unspecified atom stereocenters. The van der Waals surface area contributed by atoms with E-state index in [1.807, 2.05) is 6.92 Å². The van der Waals surface area contributed by atoms with Crippen LogP contribution in [0.3, 0.4) is 0 Å². The van der Waals surface area contributed by atoms with Gasteiger partial charge in [0.05, 0.1) is 20.0 Å². The van der Waals surface area contributed by atoms with Crippen LogP contribution in [0.25, 0.3) is 0 Å². The topological polar surface area (TPSA) is 60.4 Å². The Bertz CT molecular complexity index is 89.4. The molecule has 0 heterocycles. The average Bonchev–Trinajstić information content (AvgIpc) is 1.64. The number of rotatable bonds is 1. The van der Waals surface area contributed by atoms with Gasteiger partial charge in [-0.1, -0.05) is 0 Å². The Morgan fingerprint density at radius 3 is 1.60 bits per heavy atom. The van der Waals surface area contributed by atoms with Crippen LogP contribution in [-0.4, -0.2) is 38.3 Å². The van der Waals surface area contributed by atoms with E-state index in [1.165, 1.54) is 0 Å². The van der Waals surface area contributed by atoms with Crippen LogP contribution < -0.4 is 5.02 Å². The first-order valence-corrected chi connectivity index (χ1v) is 6.11. The molecule has 0 rings (SSSR count). The third kappa shape index (κ3) is 10.9. The van der Waals surface area contributed by atoms with Gasteiger partial charge in [0.1, 0.15) is 0 Å². The van der Waals surface area contributed by atoms with Crippen molar-refractivity contribution < 1.29 is 14.8 Å². The predicted octanol–water partition coefficient (Wildman–Crippen LogP) is -0.457. The maximum absolute atomic E-state index is 8.94. The Hall–Kier alpha value is 0.0549. The Balaban J connectivity index is 0. The first-order chi connectivity index (χ1) is 4.36. The van der Waals surface area contributed by atoms with Crippen LogP contribution in [-0.2, 0) is 4.70 Å². The molecule has 10 heavy (non-hydrogen) atoms. The zero-order chi connectivity index (χ0) is 8.78. The average molecular weight is 164 g/mol. The minimum absolute atomic E-state index is 0.0903. The summed E-state index contributed by atoms with van der Waals surface area (Å²) in [4.78, 5) is 0. The van der Waals surface area contributed by atoms with Gasteiger partial charge in [-0.2, -0.15) is 0 Å². The first kappa shape index (κ1) is 12.7. The molecular weight excluding hydrogens is 150 g/mol. The van der Waals surface area contributed by atoms with Crippen LogP contribution in [0.5, 0.6) is 0 Å². The van der Waals surface area contributed by atoms with Crippen molar-refractivity contribution in [3.05, 3.63) is 0 Å². The molecule has 0 aliphatic heterocycles. The van der Waals surface area contributed by atoms with Crippen LogP contribution in [0.2, 0.25) is 0 Å². The summed E-state index contributed by atoms with van der Waals surface area (Å²) in [7, 11) is -1.43. The van der Waals surface area contributed by atoms with E-state index in [1.54, 1.807) is 0 Å². The normalized spacial score (nSPS) is 12.5. The number of hydrogen-bond donors (Lipinski definition) is 1. The van der Waals surface area contributed by atoms with E-state index in [9.17, 15) is 0 Å². The van der Waals surface area contributed by atoms with Crippen molar-refractivity contribution in [1.82, 2.24) is 0 Å². The number of hydrogen-bond acceptors (Lipinski definition) is 3. The standard InChI is InChI=1S/C5H14OP.BO2/c1-5(6)7(2,3)4;2-1-3/h5-6H,1-4H3;/q+1;-1. The summed E-state index contributed by atoms with van der Waals surface area (Å²) in [6.07, 6.45) is 0. The van der Waals surface area contributed by atoms with Gasteiger partial charge in [0.2, 0.25) is 0 Å². The fraction of sp³-hybridized carbons (Fsp3) is 1.00. The van der Waals surface area contributed by atoms with Crippen molar-refractivity contribution in [3.8, 4) is 0 Å². The van der Waals surface area contributed by atoms with Crippen LogP contribution >= 0.6 is 7.26 Å². The zero-order valence-corrected chi connectivity index (χ0v) is 7.76. The minimum atomic E-state index is -0.932. The van der Waals surface area contributed by atoms with E-state index >= 15 is 0 Å². The predicted molar refractivity (Wildman–Crippen MR) is 42.8 cm³/mol. The van der Waals surface area contributed by atoms with Crippen LogP contribution in [0.1, 0.15) is 6.92 Å². The maximum atomic E-state index is 8.94. The van der Waals surface area contributed by atoms with E-state index in [0.717, 1.165) is 0 Å². The van der Waals surface area contributed by atoms with Gasteiger partial charge in [-0.15, -0.1) is 0 Å². The van der Waals surface area contributed by atoms with Crippen molar-refractivity contribution in [2.45, 2.75) is 12.8 Å². The van der Waals surface area contributed by atoms with Crippen molar-refractivity contribution in [1.29, 1.82) is 0 Å². The fourth-order valence-electron chi connectivity index (χ4n) is 0. The molecule has 0 aromatic carbocycles. The Kier molecular flexibility index (Phi) is 7.38. The van der Waals surface area contributed by atoms with Gasteiger partial charge in [0.25, 0.3) is 0 Å². The monoisotopic (exact) mass is 164 g/mol. The van der Waals surface area contributed by atoms with E-state index in [0.29, 0.717) is 0 Å². The van der Waals surface area contributed by atoms with Gasteiger partial charge in [-0.25, -0.2) is 0 Å². The molecule has 5 heteroatoms. The molecule has 0 fully saturated rings. The molecule has 1 N–H and O–H groups in total. The second kappa shape index (κ2) is 5.81. The van der Waals surface area contributed by atoms with Gasteiger partial charge >= 0.3 is 17.1 Å². The summed E-state index contributed by atoms with van der Waals surface area (Å²) in [5, 5.41) is 17.2. The molecule has 0 aliphatic rings. The molecule has 0 aromatic heterocycles. The number of aliphatic hydroxyl groups is 1. The van der Waals surface area contributed by atoms with Gasteiger partial charge in [-0.3, -0.25) is 0 Å². The molecule has 0 aliphatic carbocycles. The summed E-state index contributed by atoms with van der Waals surface area (Å²) >= 11 is 0. The third-order valence-electron chi connectivity index (χ3n) is 1.12. The molecule has 0 spiro atoms. The molecule has 0 amide bonds. The van der Waals surface area contributed by atoms with Crippen LogP contribution in [0, 0.1) is 0 Å². The second-order valence-electron chi connectivity index (χ2n) is 2.84. The summed E-state index contributed by atoms with van der Waals surface area (Å²) in [5.41, 5.74) is 0. The quantitative estimate of drug-likeness (QED) is 0.421. The second-order valence-corrected chi connectivity index (χ2v) is 7.82. The SMILES string of the molecule is CC(O)[P+](C)(C)C.O=B[O-]. The van der Waals surface area contributed by atoms with E-state index < -0.39 is 14.6 Å². The molecule has 1 atom stereocenters. The van der Waals surface area contributed by atoms with E-state index in [2.05, 4.69) is 20.0 Å². The van der Waals surface area contributed by atoms with Crippen molar-refractivity contribution in [3.63, 3.8) is 0 Å². The Morgan fingerprint density at radius 2 is 1.60 bits per heavy atom. The van der Waals surface area contributed by atoms with E-state index in [4.69, 9.17) is 14.8 Å². The van der Waals surface area contributed by atoms with Gasteiger partial charge in [0, 0.05) is 7.26 Å². The molecule has 0 saturated carbocycles. The third-order valence-corrected chi connectivity index (χ3v) is 3.36. The molecule has 0 aromatic rings. The molecule has 60 valence electrons. The van der Waals surface area contributed by atoms with E-state index in [-0.39, 0.29) is 5.85 Å². The van der Waals surface area contributed by atoms with Crippen LogP contribution in [0.4, 0.5) is 0 Å². The first-order valence-electron chi connectivity index (χ1n) is 2.91. The Labute approximate surface area is 63.1 Å². The molecular formula is C5H14BO3P. The van der Waals surface area contributed by atoms with Gasteiger partial charge in [0.15, 0.2) is 5.85 Å².